The van der Waals surface area contributed by atoms with Gasteiger partial charge < -0.3 is 4.90 Å². The summed E-state index contributed by atoms with van der Waals surface area (Å²) in [5.74, 6) is -0.149. The molecule has 8 heteroatoms. The highest BCUT2D eigenvalue weighted by Gasteiger charge is 2.25. The first-order valence-electron chi connectivity index (χ1n) is 9.38. The smallest absolute Gasteiger partial charge is 0.284 e. The van der Waals surface area contributed by atoms with E-state index < -0.39 is 0 Å². The van der Waals surface area contributed by atoms with Gasteiger partial charge >= 0.3 is 0 Å². The van der Waals surface area contributed by atoms with E-state index >= 15 is 0 Å². The Balaban J connectivity index is 1.47. The Morgan fingerprint density at radius 3 is 2.86 bits per heavy atom. The molecule has 0 aliphatic carbocycles. The Morgan fingerprint density at radius 1 is 1.14 bits per heavy atom. The van der Waals surface area contributed by atoms with Crippen LogP contribution in [-0.2, 0) is 17.8 Å². The van der Waals surface area contributed by atoms with Crippen molar-refractivity contribution in [1.29, 1.82) is 0 Å². The zero-order chi connectivity index (χ0) is 20.0. The molecular formula is C21H18N6O2. The van der Waals surface area contributed by atoms with Crippen LogP contribution in [0, 0.1) is 6.92 Å². The molecule has 5 rings (SSSR count). The maximum atomic E-state index is 12.9. The topological polar surface area (TPSA) is 85.9 Å². The summed E-state index contributed by atoms with van der Waals surface area (Å²) in [5.41, 5.74) is 4.03. The summed E-state index contributed by atoms with van der Waals surface area (Å²) >= 11 is 0. The minimum Gasteiger partial charge on any atom is -0.310 e. The maximum absolute atomic E-state index is 12.9. The van der Waals surface area contributed by atoms with Gasteiger partial charge in [-0.3, -0.25) is 14.2 Å². The zero-order valence-corrected chi connectivity index (χ0v) is 15.8. The lowest BCUT2D eigenvalue weighted by Crippen LogP contribution is -2.35. The van der Waals surface area contributed by atoms with Crippen molar-refractivity contribution in [1.82, 2.24) is 24.5 Å². The van der Waals surface area contributed by atoms with E-state index in [-0.39, 0.29) is 23.5 Å². The van der Waals surface area contributed by atoms with Crippen LogP contribution in [0.15, 0.2) is 59.7 Å². The van der Waals surface area contributed by atoms with Crippen molar-refractivity contribution in [3.63, 3.8) is 0 Å². The second-order valence-electron chi connectivity index (χ2n) is 7.11. The first kappa shape index (κ1) is 17.3. The van der Waals surface area contributed by atoms with Gasteiger partial charge in [-0.1, -0.05) is 35.5 Å². The number of hydrogen-bond acceptors (Lipinski definition) is 5. The van der Waals surface area contributed by atoms with Gasteiger partial charge in [-0.05, 0) is 42.7 Å². The van der Waals surface area contributed by atoms with Gasteiger partial charge in [0.25, 0.3) is 5.56 Å². The van der Waals surface area contributed by atoms with Crippen molar-refractivity contribution in [2.45, 2.75) is 19.9 Å². The molecule has 2 aromatic heterocycles. The predicted octanol–water partition coefficient (Wildman–Crippen LogP) is 1.87. The molecule has 3 heterocycles. The van der Waals surface area contributed by atoms with Crippen LogP contribution in [0.3, 0.4) is 0 Å². The fourth-order valence-electron chi connectivity index (χ4n) is 3.72. The molecule has 0 fully saturated rings. The van der Waals surface area contributed by atoms with E-state index in [0.717, 1.165) is 28.9 Å². The molecule has 0 atom stereocenters. The molecule has 0 unspecified atom stereocenters. The van der Waals surface area contributed by atoms with Crippen molar-refractivity contribution in [2.75, 3.05) is 11.4 Å². The summed E-state index contributed by atoms with van der Waals surface area (Å²) < 4.78 is 2.83. The third-order valence-corrected chi connectivity index (χ3v) is 5.17. The molecule has 0 N–H and O–H groups in total. The number of aryl methyl sites for hydroxylation is 1. The number of aromatic nitrogens is 5. The Labute approximate surface area is 166 Å². The molecule has 0 saturated carbocycles. The molecule has 1 aliphatic heterocycles. The highest BCUT2D eigenvalue weighted by atomic mass is 16.2. The van der Waals surface area contributed by atoms with Gasteiger partial charge in [-0.15, -0.1) is 5.10 Å². The van der Waals surface area contributed by atoms with Gasteiger partial charge in [0.15, 0.2) is 11.2 Å². The normalized spacial score (nSPS) is 13.1. The lowest BCUT2D eigenvalue weighted by atomic mass is 10.2. The van der Waals surface area contributed by atoms with Crippen molar-refractivity contribution in [3.8, 4) is 5.69 Å². The maximum Gasteiger partial charge on any atom is 0.284 e. The first-order valence-corrected chi connectivity index (χ1v) is 9.38. The van der Waals surface area contributed by atoms with Gasteiger partial charge in [-0.25, -0.2) is 4.98 Å². The SMILES string of the molecule is Cc1cccc(-n2nnc3c(=O)n(CC(=O)N4CCc5ccccc54)cnc32)c1. The quantitative estimate of drug-likeness (QED) is 0.537. The number of para-hydroxylation sites is 1. The van der Waals surface area contributed by atoms with E-state index in [9.17, 15) is 9.59 Å². The zero-order valence-electron chi connectivity index (χ0n) is 15.8. The first-order chi connectivity index (χ1) is 14.1. The van der Waals surface area contributed by atoms with Crippen LogP contribution in [0.25, 0.3) is 16.9 Å². The summed E-state index contributed by atoms with van der Waals surface area (Å²) in [6.07, 6.45) is 2.21. The average Bonchev–Trinajstić information content (AvgIpc) is 3.35. The van der Waals surface area contributed by atoms with E-state index in [1.807, 2.05) is 55.5 Å². The van der Waals surface area contributed by atoms with Crippen LogP contribution in [0.1, 0.15) is 11.1 Å². The van der Waals surface area contributed by atoms with Gasteiger partial charge in [-0.2, -0.15) is 4.68 Å². The summed E-state index contributed by atoms with van der Waals surface area (Å²) in [7, 11) is 0. The Kier molecular flexibility index (Phi) is 3.97. The highest BCUT2D eigenvalue weighted by Crippen LogP contribution is 2.27. The molecule has 4 aromatic rings. The van der Waals surface area contributed by atoms with Gasteiger partial charge in [0.1, 0.15) is 12.9 Å². The molecule has 0 spiro atoms. The van der Waals surface area contributed by atoms with Crippen LogP contribution < -0.4 is 10.5 Å². The van der Waals surface area contributed by atoms with Crippen LogP contribution in [0.2, 0.25) is 0 Å². The number of anilines is 1. The number of fused-ring (bicyclic) bond motifs is 2. The van der Waals surface area contributed by atoms with Gasteiger partial charge in [0.2, 0.25) is 5.91 Å². The third kappa shape index (κ3) is 2.89. The largest absolute Gasteiger partial charge is 0.310 e. The fourth-order valence-corrected chi connectivity index (χ4v) is 3.72. The molecule has 8 nitrogen and oxygen atoms in total. The number of benzene rings is 2. The molecule has 0 radical (unpaired) electrons. The van der Waals surface area contributed by atoms with Gasteiger partial charge in [0.05, 0.1) is 5.69 Å². The minimum atomic E-state index is -0.380. The fraction of sp³-hybridized carbons (Fsp3) is 0.190. The summed E-state index contributed by atoms with van der Waals surface area (Å²) in [6, 6.07) is 15.5. The number of nitrogens with zero attached hydrogens (tertiary/aromatic N) is 6. The predicted molar refractivity (Wildman–Crippen MR) is 108 cm³/mol. The molecular weight excluding hydrogens is 368 g/mol. The number of amides is 1. The van der Waals surface area contributed by atoms with Crippen molar-refractivity contribution in [2.24, 2.45) is 0 Å². The number of rotatable bonds is 3. The van der Waals surface area contributed by atoms with Crippen molar-refractivity contribution in [3.05, 3.63) is 76.3 Å². The Bertz CT molecular complexity index is 1310. The van der Waals surface area contributed by atoms with Crippen LogP contribution >= 0.6 is 0 Å². The molecule has 2 aromatic carbocycles. The molecule has 0 bridgehead atoms. The van der Waals surface area contributed by atoms with Crippen LogP contribution in [0.4, 0.5) is 5.69 Å². The summed E-state index contributed by atoms with van der Waals surface area (Å²) in [5, 5.41) is 8.11. The second-order valence-corrected chi connectivity index (χ2v) is 7.11. The van der Waals surface area contributed by atoms with E-state index in [2.05, 4.69) is 15.3 Å². The second kappa shape index (κ2) is 6.66. The molecule has 29 heavy (non-hydrogen) atoms. The minimum absolute atomic E-state index is 0.0899. The average molecular weight is 386 g/mol. The van der Waals surface area contributed by atoms with Crippen LogP contribution in [-0.4, -0.2) is 37.0 Å². The summed E-state index contributed by atoms with van der Waals surface area (Å²) in [4.78, 5) is 31.8. The Hall–Kier alpha value is -3.81. The number of carbonyl (C=O) groups is 1. The number of carbonyl (C=O) groups excluding carboxylic acids is 1. The van der Waals surface area contributed by atoms with Gasteiger partial charge in [0, 0.05) is 12.2 Å². The lowest BCUT2D eigenvalue weighted by molar-refractivity contribution is -0.119. The Morgan fingerprint density at radius 2 is 2.00 bits per heavy atom. The van der Waals surface area contributed by atoms with Crippen molar-refractivity contribution >= 4 is 22.8 Å². The van der Waals surface area contributed by atoms with E-state index in [1.54, 1.807) is 4.90 Å². The van der Waals surface area contributed by atoms with Crippen molar-refractivity contribution < 1.29 is 4.79 Å². The van der Waals surface area contributed by atoms with E-state index in [1.165, 1.54) is 15.6 Å². The summed E-state index contributed by atoms with van der Waals surface area (Å²) in [6.45, 7) is 2.50. The number of hydrogen-bond donors (Lipinski definition) is 0. The van der Waals surface area contributed by atoms with Crippen LogP contribution in [0.5, 0.6) is 0 Å². The third-order valence-electron chi connectivity index (χ3n) is 5.17. The molecule has 1 amide bonds. The van der Waals surface area contributed by atoms with E-state index in [0.29, 0.717) is 12.2 Å². The lowest BCUT2D eigenvalue weighted by Gasteiger charge is -2.17. The monoisotopic (exact) mass is 386 g/mol. The van der Waals surface area contributed by atoms with E-state index in [4.69, 9.17) is 0 Å². The molecule has 0 saturated heterocycles. The highest BCUT2D eigenvalue weighted by molar-refractivity contribution is 5.95. The molecule has 144 valence electrons. The molecule has 1 aliphatic rings. The standard InChI is InChI=1S/C21H18N6O2/c1-14-5-4-7-16(11-14)27-20-19(23-24-27)21(29)25(13-22-20)12-18(28)26-10-9-15-6-2-3-8-17(15)26/h2-8,11,13H,9-10,12H2,1H3.